The van der Waals surface area contributed by atoms with Gasteiger partial charge in [-0.2, -0.15) is 0 Å². The second-order valence-electron chi connectivity index (χ2n) is 5.85. The molecule has 1 aliphatic rings. The van der Waals surface area contributed by atoms with Gasteiger partial charge in [0.05, 0.1) is 5.54 Å². The first-order valence-corrected chi connectivity index (χ1v) is 7.33. The number of carbonyl (C=O) groups is 1. The van der Waals surface area contributed by atoms with Crippen LogP contribution >= 0.6 is 24.8 Å². The number of rotatable bonds is 5. The smallest absolute Gasteiger partial charge is 0.242 e. The van der Waals surface area contributed by atoms with E-state index in [2.05, 4.69) is 17.0 Å². The first-order valence-electron chi connectivity index (χ1n) is 7.33. The minimum absolute atomic E-state index is 0. The molecule has 0 bridgehead atoms. The first kappa shape index (κ1) is 21.0. The molecule has 0 spiro atoms. The number of likely N-dealkylation sites (N-methyl/N-ethyl adjacent to an activating group) is 2. The number of anilines is 1. The Hall–Kier alpha value is -0.970. The van der Waals surface area contributed by atoms with Crippen LogP contribution < -0.4 is 10.6 Å². The fraction of sp³-hybridized carbons (Fsp3) is 0.562. The molecule has 0 heterocycles. The average molecular weight is 348 g/mol. The van der Waals surface area contributed by atoms with Crippen molar-refractivity contribution in [3.63, 3.8) is 0 Å². The lowest BCUT2D eigenvalue weighted by atomic mass is 9.97. The highest BCUT2D eigenvalue weighted by atomic mass is 35.5. The summed E-state index contributed by atoms with van der Waals surface area (Å²) in [7, 11) is 3.90. The Bertz CT molecular complexity index is 450. The lowest BCUT2D eigenvalue weighted by Crippen LogP contribution is -2.53. The van der Waals surface area contributed by atoms with E-state index < -0.39 is 5.54 Å². The van der Waals surface area contributed by atoms with Crippen molar-refractivity contribution in [1.82, 2.24) is 4.90 Å². The Balaban J connectivity index is 0.00000220. The van der Waals surface area contributed by atoms with Crippen LogP contribution in [0.2, 0.25) is 0 Å². The number of carbonyl (C=O) groups excluding carboxylic acids is 1. The summed E-state index contributed by atoms with van der Waals surface area (Å²) in [6.07, 6.45) is 3.79. The van der Waals surface area contributed by atoms with Crippen LogP contribution in [0.5, 0.6) is 0 Å². The topological polar surface area (TPSA) is 49.6 Å². The van der Waals surface area contributed by atoms with Gasteiger partial charge in [-0.15, -0.1) is 24.8 Å². The van der Waals surface area contributed by atoms with Crippen molar-refractivity contribution in [3.8, 4) is 0 Å². The molecule has 0 unspecified atom stereocenters. The number of hydrogen-bond donors (Lipinski definition) is 1. The molecule has 4 nitrogen and oxygen atoms in total. The van der Waals surface area contributed by atoms with E-state index in [1.165, 1.54) is 0 Å². The number of hydrogen-bond acceptors (Lipinski definition) is 3. The molecule has 6 heteroatoms. The van der Waals surface area contributed by atoms with Gasteiger partial charge in [0.25, 0.3) is 0 Å². The van der Waals surface area contributed by atoms with Gasteiger partial charge in [0.1, 0.15) is 0 Å². The van der Waals surface area contributed by atoms with E-state index in [1.54, 1.807) is 4.90 Å². The van der Waals surface area contributed by atoms with E-state index in [1.807, 2.05) is 32.3 Å². The third kappa shape index (κ3) is 5.04. The molecule has 1 aliphatic carbocycles. The number of nitrogens with two attached hydrogens (primary N) is 1. The van der Waals surface area contributed by atoms with Crippen LogP contribution in [0.25, 0.3) is 0 Å². The molecule has 0 aliphatic heterocycles. The number of nitrogens with zero attached hydrogens (tertiary/aromatic N) is 2. The second-order valence-corrected chi connectivity index (χ2v) is 5.85. The molecule has 2 rings (SSSR count). The summed E-state index contributed by atoms with van der Waals surface area (Å²) in [5.41, 5.74) is 6.77. The second kappa shape index (κ2) is 9.23. The number of amides is 1. The van der Waals surface area contributed by atoms with Crippen molar-refractivity contribution in [1.29, 1.82) is 0 Å². The highest BCUT2D eigenvalue weighted by molar-refractivity contribution is 5.86. The van der Waals surface area contributed by atoms with E-state index in [4.69, 9.17) is 5.73 Å². The van der Waals surface area contributed by atoms with Crippen molar-refractivity contribution >= 4 is 36.4 Å². The van der Waals surface area contributed by atoms with Crippen molar-refractivity contribution in [3.05, 3.63) is 30.3 Å². The van der Waals surface area contributed by atoms with Gasteiger partial charge < -0.3 is 15.5 Å². The van der Waals surface area contributed by atoms with Gasteiger partial charge in [-0.1, -0.05) is 31.0 Å². The van der Waals surface area contributed by atoms with Gasteiger partial charge in [0.15, 0.2) is 0 Å². The summed E-state index contributed by atoms with van der Waals surface area (Å²) in [4.78, 5) is 16.3. The van der Waals surface area contributed by atoms with Gasteiger partial charge in [-0.3, -0.25) is 4.79 Å². The Kier molecular flexibility index (Phi) is 8.83. The molecule has 0 atom stereocenters. The lowest BCUT2D eigenvalue weighted by Gasteiger charge is -2.30. The predicted octanol–water partition coefficient (Wildman–Crippen LogP) is 2.70. The molecule has 126 valence electrons. The van der Waals surface area contributed by atoms with Gasteiger partial charge in [0.2, 0.25) is 5.91 Å². The molecule has 2 N–H and O–H groups in total. The van der Waals surface area contributed by atoms with E-state index in [0.717, 1.165) is 37.9 Å². The summed E-state index contributed by atoms with van der Waals surface area (Å²) < 4.78 is 0. The quantitative estimate of drug-likeness (QED) is 0.890. The summed E-state index contributed by atoms with van der Waals surface area (Å²) in [5.74, 6) is 0.0939. The van der Waals surface area contributed by atoms with Crippen LogP contribution in [0.15, 0.2) is 30.3 Å². The van der Waals surface area contributed by atoms with Gasteiger partial charge in [-0.05, 0) is 25.0 Å². The van der Waals surface area contributed by atoms with Crippen molar-refractivity contribution in [2.75, 3.05) is 32.1 Å². The average Bonchev–Trinajstić information content (AvgIpc) is 2.92. The maximum absolute atomic E-state index is 12.4. The summed E-state index contributed by atoms with van der Waals surface area (Å²) in [6, 6.07) is 10.2. The monoisotopic (exact) mass is 347 g/mol. The van der Waals surface area contributed by atoms with Crippen LogP contribution in [0.3, 0.4) is 0 Å². The fourth-order valence-electron chi connectivity index (χ4n) is 2.81. The minimum Gasteiger partial charge on any atom is -0.373 e. The van der Waals surface area contributed by atoms with E-state index in [-0.39, 0.29) is 30.7 Å². The normalized spacial score (nSPS) is 15.4. The molecule has 0 aromatic heterocycles. The van der Waals surface area contributed by atoms with Crippen molar-refractivity contribution in [2.45, 2.75) is 31.2 Å². The summed E-state index contributed by atoms with van der Waals surface area (Å²) >= 11 is 0. The Morgan fingerprint density at radius 2 is 1.64 bits per heavy atom. The zero-order valence-corrected chi connectivity index (χ0v) is 15.0. The summed E-state index contributed by atoms with van der Waals surface area (Å²) in [6.45, 7) is 1.51. The molecule has 1 aromatic carbocycles. The molecule has 0 radical (unpaired) electrons. The zero-order valence-electron chi connectivity index (χ0n) is 13.3. The number of benzene rings is 1. The number of halogens is 2. The maximum Gasteiger partial charge on any atom is 0.242 e. The van der Waals surface area contributed by atoms with Gasteiger partial charge >= 0.3 is 0 Å². The predicted molar refractivity (Wildman–Crippen MR) is 97.2 cm³/mol. The molecule has 1 amide bonds. The fourth-order valence-corrected chi connectivity index (χ4v) is 2.81. The largest absolute Gasteiger partial charge is 0.373 e. The molecular weight excluding hydrogens is 321 g/mol. The van der Waals surface area contributed by atoms with Crippen LogP contribution in [-0.2, 0) is 4.79 Å². The van der Waals surface area contributed by atoms with Crippen molar-refractivity contribution < 1.29 is 4.79 Å². The SMILES string of the molecule is CN(CCN(C)c1ccccc1)C(=O)C1(N)CCCC1.Cl.Cl. The highest BCUT2D eigenvalue weighted by Gasteiger charge is 2.38. The van der Waals surface area contributed by atoms with Crippen molar-refractivity contribution in [2.24, 2.45) is 5.73 Å². The van der Waals surface area contributed by atoms with Crippen LogP contribution in [0.4, 0.5) is 5.69 Å². The first-order chi connectivity index (χ1) is 9.53. The van der Waals surface area contributed by atoms with Gasteiger partial charge in [-0.25, -0.2) is 0 Å². The molecule has 0 saturated heterocycles. The molecular formula is C16H27Cl2N3O. The minimum atomic E-state index is -0.611. The molecule has 1 aromatic rings. The lowest BCUT2D eigenvalue weighted by molar-refractivity contribution is -0.135. The van der Waals surface area contributed by atoms with E-state index in [0.29, 0.717) is 6.54 Å². The van der Waals surface area contributed by atoms with Crippen LogP contribution in [0, 0.1) is 0 Å². The van der Waals surface area contributed by atoms with E-state index in [9.17, 15) is 4.79 Å². The standard InChI is InChI=1S/C16H25N3O.2ClH/c1-18(14-8-4-3-5-9-14)12-13-19(2)15(20)16(17)10-6-7-11-16;;/h3-5,8-9H,6-7,10-13,17H2,1-2H3;2*1H. The van der Waals surface area contributed by atoms with Gasteiger partial charge in [0, 0.05) is 32.9 Å². The summed E-state index contributed by atoms with van der Waals surface area (Å²) in [5, 5.41) is 0. The Labute approximate surface area is 145 Å². The van der Waals surface area contributed by atoms with Crippen LogP contribution in [-0.4, -0.2) is 43.5 Å². The zero-order chi connectivity index (χ0) is 14.6. The number of para-hydroxylation sites is 1. The molecule has 1 fully saturated rings. The molecule has 22 heavy (non-hydrogen) atoms. The Morgan fingerprint density at radius 1 is 1.09 bits per heavy atom. The van der Waals surface area contributed by atoms with E-state index >= 15 is 0 Å². The Morgan fingerprint density at radius 3 is 2.18 bits per heavy atom. The maximum atomic E-state index is 12.4. The third-order valence-corrected chi connectivity index (χ3v) is 4.24. The van der Waals surface area contributed by atoms with Crippen LogP contribution in [0.1, 0.15) is 25.7 Å². The molecule has 1 saturated carbocycles. The third-order valence-electron chi connectivity index (χ3n) is 4.24. The highest BCUT2D eigenvalue weighted by Crippen LogP contribution is 2.28.